The molecule has 5 nitrogen and oxygen atoms in total. The molecule has 0 bridgehead atoms. The lowest BCUT2D eigenvalue weighted by molar-refractivity contribution is 0.342. The Morgan fingerprint density at radius 3 is 2.95 bits per heavy atom. The van der Waals surface area contributed by atoms with Crippen LogP contribution >= 0.6 is 11.3 Å². The van der Waals surface area contributed by atoms with Crippen LogP contribution < -0.4 is 10.5 Å². The molecule has 2 rings (SSSR count). The van der Waals surface area contributed by atoms with Gasteiger partial charge in [0.05, 0.1) is 0 Å². The molecule has 1 aromatic rings. The normalized spacial score (nSPS) is 21.1. The summed E-state index contributed by atoms with van der Waals surface area (Å²) in [6, 6.07) is 1.65. The minimum atomic E-state index is -3.37. The van der Waals surface area contributed by atoms with Crippen molar-refractivity contribution in [2.24, 2.45) is 11.7 Å². The third kappa shape index (κ3) is 3.76. The number of hydrogen-bond donors (Lipinski definition) is 2. The summed E-state index contributed by atoms with van der Waals surface area (Å²) in [5.41, 5.74) is 6.36. The van der Waals surface area contributed by atoms with Crippen LogP contribution in [-0.2, 0) is 16.6 Å². The van der Waals surface area contributed by atoms with Gasteiger partial charge in [0.25, 0.3) is 0 Å². The predicted molar refractivity (Wildman–Crippen MR) is 77.6 cm³/mol. The lowest BCUT2D eigenvalue weighted by Gasteiger charge is -2.13. The van der Waals surface area contributed by atoms with Crippen molar-refractivity contribution in [1.82, 2.24) is 9.62 Å². The highest BCUT2D eigenvalue weighted by Gasteiger charge is 2.24. The van der Waals surface area contributed by atoms with Gasteiger partial charge in [-0.15, -0.1) is 11.3 Å². The van der Waals surface area contributed by atoms with E-state index < -0.39 is 10.0 Å². The van der Waals surface area contributed by atoms with Gasteiger partial charge in [-0.3, -0.25) is 0 Å². The van der Waals surface area contributed by atoms with E-state index in [0.29, 0.717) is 23.2 Å². The minimum Gasteiger partial charge on any atom is -0.326 e. The van der Waals surface area contributed by atoms with Crippen LogP contribution in [0.15, 0.2) is 15.7 Å². The van der Waals surface area contributed by atoms with Gasteiger partial charge >= 0.3 is 0 Å². The summed E-state index contributed by atoms with van der Waals surface area (Å²) in [6.45, 7) is 6.12. The fraction of sp³-hybridized carbons (Fsp3) is 0.667. The van der Waals surface area contributed by atoms with E-state index in [1.54, 1.807) is 11.4 Å². The number of rotatable bonds is 6. The molecule has 1 aliphatic rings. The van der Waals surface area contributed by atoms with Crippen molar-refractivity contribution in [1.29, 1.82) is 0 Å². The Balaban J connectivity index is 1.91. The first-order valence-electron chi connectivity index (χ1n) is 6.54. The van der Waals surface area contributed by atoms with Crippen molar-refractivity contribution < 1.29 is 8.42 Å². The summed E-state index contributed by atoms with van der Waals surface area (Å²) < 4.78 is 27.3. The minimum absolute atomic E-state index is 0.360. The molecule has 0 aromatic carbocycles. The molecule has 0 amide bonds. The van der Waals surface area contributed by atoms with Crippen LogP contribution in [0.4, 0.5) is 0 Å². The summed E-state index contributed by atoms with van der Waals surface area (Å²) in [5, 5.41) is 1.79. The van der Waals surface area contributed by atoms with E-state index in [4.69, 9.17) is 5.73 Å². The summed E-state index contributed by atoms with van der Waals surface area (Å²) in [5.74, 6) is 0.420. The topological polar surface area (TPSA) is 75.4 Å². The van der Waals surface area contributed by atoms with Crippen molar-refractivity contribution in [3.8, 4) is 0 Å². The molecular weight excluding hydrogens is 282 g/mol. The Kier molecular flexibility index (Phi) is 4.97. The van der Waals surface area contributed by atoms with Crippen LogP contribution in [0.3, 0.4) is 0 Å². The number of nitrogens with one attached hydrogen (secondary N) is 1. The summed E-state index contributed by atoms with van der Waals surface area (Å²) in [6.07, 6.45) is 1.06. The first kappa shape index (κ1) is 14.9. The first-order chi connectivity index (χ1) is 9.05. The lowest BCUT2D eigenvalue weighted by atomic mass is 10.1. The number of sulfonamides is 1. The zero-order valence-corrected chi connectivity index (χ0v) is 12.8. The molecule has 0 spiro atoms. The molecule has 0 radical (unpaired) electrons. The van der Waals surface area contributed by atoms with E-state index in [2.05, 4.69) is 16.5 Å². The first-order valence-corrected chi connectivity index (χ1v) is 8.91. The molecule has 1 fully saturated rings. The highest BCUT2D eigenvalue weighted by atomic mass is 32.2. The van der Waals surface area contributed by atoms with Gasteiger partial charge in [-0.2, -0.15) is 0 Å². The van der Waals surface area contributed by atoms with Gasteiger partial charge in [-0.05, 0) is 42.4 Å². The zero-order chi connectivity index (χ0) is 13.9. The van der Waals surface area contributed by atoms with Crippen LogP contribution in [0, 0.1) is 5.92 Å². The molecular formula is C12H21N3O2S2. The van der Waals surface area contributed by atoms with Gasteiger partial charge < -0.3 is 10.6 Å². The van der Waals surface area contributed by atoms with Gasteiger partial charge in [-0.1, -0.05) is 6.92 Å². The highest BCUT2D eigenvalue weighted by molar-refractivity contribution is 7.91. The second kappa shape index (κ2) is 6.32. The van der Waals surface area contributed by atoms with E-state index in [1.807, 2.05) is 0 Å². The van der Waals surface area contributed by atoms with Crippen LogP contribution in [0.25, 0.3) is 0 Å². The molecule has 1 aromatic heterocycles. The molecule has 108 valence electrons. The third-order valence-electron chi connectivity index (χ3n) is 3.51. The molecule has 1 atom stereocenters. The van der Waals surface area contributed by atoms with Crippen molar-refractivity contribution in [2.75, 3.05) is 26.2 Å². The van der Waals surface area contributed by atoms with Gasteiger partial charge in [-0.25, -0.2) is 13.1 Å². The van der Waals surface area contributed by atoms with Crippen molar-refractivity contribution in [3.63, 3.8) is 0 Å². The number of hydrogen-bond acceptors (Lipinski definition) is 5. The van der Waals surface area contributed by atoms with Gasteiger partial charge in [0.15, 0.2) is 0 Å². The van der Waals surface area contributed by atoms with Gasteiger partial charge in [0.2, 0.25) is 10.0 Å². The Hall–Kier alpha value is -0.470. The third-order valence-corrected chi connectivity index (χ3v) is 6.42. The molecule has 7 heteroatoms. The number of nitrogens with zero attached hydrogens (tertiary/aromatic N) is 1. The summed E-state index contributed by atoms with van der Waals surface area (Å²) in [7, 11) is -3.37. The van der Waals surface area contributed by atoms with Crippen LogP contribution in [0.5, 0.6) is 0 Å². The molecule has 1 saturated heterocycles. The van der Waals surface area contributed by atoms with E-state index in [1.165, 1.54) is 11.3 Å². The molecule has 2 heterocycles. The molecule has 1 aliphatic heterocycles. The molecule has 0 saturated carbocycles. The maximum atomic E-state index is 12.1. The smallest absolute Gasteiger partial charge is 0.250 e. The predicted octanol–water partition coefficient (Wildman–Crippen LogP) is 0.827. The summed E-state index contributed by atoms with van der Waals surface area (Å²) >= 11 is 1.23. The Bertz CT molecular complexity index is 513. The Morgan fingerprint density at radius 2 is 2.37 bits per heavy atom. The van der Waals surface area contributed by atoms with Crippen molar-refractivity contribution in [3.05, 3.63) is 17.0 Å². The average molecular weight is 303 g/mol. The van der Waals surface area contributed by atoms with Crippen molar-refractivity contribution in [2.45, 2.75) is 24.1 Å². The second-order valence-corrected chi connectivity index (χ2v) is 7.78. The van der Waals surface area contributed by atoms with Crippen LogP contribution in [0.1, 0.15) is 18.9 Å². The summed E-state index contributed by atoms with van der Waals surface area (Å²) in [4.78, 5) is 2.34. The number of likely N-dealkylation sites (tertiary alicyclic amines) is 1. The fourth-order valence-electron chi connectivity index (χ4n) is 2.27. The largest absolute Gasteiger partial charge is 0.326 e. The lowest BCUT2D eigenvalue weighted by Crippen LogP contribution is -2.30. The number of nitrogens with two attached hydrogens (primary N) is 1. The Morgan fingerprint density at radius 1 is 1.58 bits per heavy atom. The SMILES string of the molecule is CCN1CCC(CNS(=O)(=O)c2cc(CN)cs2)C1. The average Bonchev–Trinajstić information content (AvgIpc) is 3.05. The van der Waals surface area contributed by atoms with E-state index in [0.717, 1.165) is 31.6 Å². The molecule has 0 aliphatic carbocycles. The monoisotopic (exact) mass is 303 g/mol. The van der Waals surface area contributed by atoms with Gasteiger partial charge in [0, 0.05) is 19.6 Å². The molecule has 19 heavy (non-hydrogen) atoms. The standard InChI is InChI=1S/C12H21N3O2S2/c1-2-15-4-3-10(8-15)7-14-19(16,17)12-5-11(6-13)9-18-12/h5,9-10,14H,2-4,6-8,13H2,1H3. The van der Waals surface area contributed by atoms with Crippen LogP contribution in [-0.4, -0.2) is 39.5 Å². The maximum absolute atomic E-state index is 12.1. The Labute approximate surface area is 118 Å². The zero-order valence-electron chi connectivity index (χ0n) is 11.1. The van der Waals surface area contributed by atoms with E-state index >= 15 is 0 Å². The fourth-order valence-corrected chi connectivity index (χ4v) is 4.65. The van der Waals surface area contributed by atoms with E-state index in [-0.39, 0.29) is 0 Å². The maximum Gasteiger partial charge on any atom is 0.250 e. The number of thiophene rings is 1. The van der Waals surface area contributed by atoms with Crippen molar-refractivity contribution >= 4 is 21.4 Å². The van der Waals surface area contributed by atoms with Gasteiger partial charge in [0.1, 0.15) is 4.21 Å². The highest BCUT2D eigenvalue weighted by Crippen LogP contribution is 2.21. The molecule has 1 unspecified atom stereocenters. The second-order valence-electron chi connectivity index (χ2n) is 4.88. The quantitative estimate of drug-likeness (QED) is 0.816. The van der Waals surface area contributed by atoms with Crippen LogP contribution in [0.2, 0.25) is 0 Å². The molecule has 3 N–H and O–H groups in total. The van der Waals surface area contributed by atoms with E-state index in [9.17, 15) is 8.42 Å².